The first kappa shape index (κ1) is 24.2. The molecule has 2 aromatic rings. The van der Waals surface area contributed by atoms with Crippen molar-refractivity contribution in [3.8, 4) is 0 Å². The number of hydrogen-bond donors (Lipinski definition) is 2. The average Bonchev–Trinajstić information content (AvgIpc) is 2.98. The summed E-state index contributed by atoms with van der Waals surface area (Å²) in [7, 11) is 1.66. The Morgan fingerprint density at radius 2 is 1.93 bits per heavy atom. The number of para-hydroxylation sites is 1. The Kier molecular flexibility index (Phi) is 7.26. The van der Waals surface area contributed by atoms with E-state index in [2.05, 4.69) is 15.7 Å². The molecule has 0 spiro atoms. The van der Waals surface area contributed by atoms with E-state index in [9.17, 15) is 22.8 Å². The molecule has 0 radical (unpaired) electrons. The first-order valence-electron chi connectivity index (χ1n) is 9.10. The van der Waals surface area contributed by atoms with Crippen molar-refractivity contribution in [3.63, 3.8) is 0 Å². The number of nitrogens with one attached hydrogen (secondary N) is 2. The lowest BCUT2D eigenvalue weighted by molar-refractivity contribution is -0.149. The van der Waals surface area contributed by atoms with Crippen LogP contribution in [0.1, 0.15) is 24.5 Å². The number of piperidine rings is 1. The molecule has 2 atom stereocenters. The Balaban J connectivity index is 0.00000160. The third-order valence-corrected chi connectivity index (χ3v) is 5.37. The van der Waals surface area contributed by atoms with Crippen LogP contribution in [-0.4, -0.2) is 53.4 Å². The highest BCUT2D eigenvalue weighted by atomic mass is 35.5. The van der Waals surface area contributed by atoms with Gasteiger partial charge in [0.15, 0.2) is 0 Å². The van der Waals surface area contributed by atoms with Crippen LogP contribution in [0.5, 0.6) is 0 Å². The van der Waals surface area contributed by atoms with E-state index in [-0.39, 0.29) is 50.2 Å². The summed E-state index contributed by atoms with van der Waals surface area (Å²) in [6, 6.07) is 3.46. The van der Waals surface area contributed by atoms with Crippen molar-refractivity contribution < 1.29 is 22.8 Å². The van der Waals surface area contributed by atoms with Gasteiger partial charge in [-0.2, -0.15) is 18.3 Å². The molecular weight excluding hydrogens is 446 g/mol. The Labute approximate surface area is 183 Å². The molecule has 1 aromatic carbocycles. The number of nitrogens with zero attached hydrogens (tertiary/aromatic N) is 3. The molecule has 1 unspecified atom stereocenters. The van der Waals surface area contributed by atoms with Crippen LogP contribution in [0.4, 0.5) is 18.9 Å². The predicted molar refractivity (Wildman–Crippen MR) is 110 cm³/mol. The van der Waals surface area contributed by atoms with E-state index in [1.165, 1.54) is 9.58 Å². The van der Waals surface area contributed by atoms with Crippen molar-refractivity contribution in [3.05, 3.63) is 23.9 Å². The van der Waals surface area contributed by atoms with Crippen LogP contribution in [0, 0.1) is 0 Å². The van der Waals surface area contributed by atoms with Crippen LogP contribution in [0.25, 0.3) is 10.9 Å². The number of carbonyl (C=O) groups is 2. The van der Waals surface area contributed by atoms with Gasteiger partial charge in [-0.25, -0.2) is 0 Å². The van der Waals surface area contributed by atoms with Gasteiger partial charge in [0, 0.05) is 38.5 Å². The molecule has 7 nitrogen and oxygen atoms in total. The van der Waals surface area contributed by atoms with Crippen molar-refractivity contribution in [1.82, 2.24) is 20.4 Å². The molecule has 166 valence electrons. The van der Waals surface area contributed by atoms with E-state index in [0.29, 0.717) is 35.2 Å². The van der Waals surface area contributed by atoms with E-state index in [1.54, 1.807) is 25.2 Å². The van der Waals surface area contributed by atoms with Crippen LogP contribution in [0.3, 0.4) is 0 Å². The molecule has 2 aliphatic heterocycles. The molecule has 1 aromatic heterocycles. The minimum atomic E-state index is -4.37. The quantitative estimate of drug-likeness (QED) is 0.662. The molecule has 2 aliphatic rings. The van der Waals surface area contributed by atoms with Gasteiger partial charge < -0.3 is 10.2 Å². The second-order valence-corrected chi connectivity index (χ2v) is 7.14. The van der Waals surface area contributed by atoms with Crippen molar-refractivity contribution >= 4 is 53.2 Å². The molecule has 2 saturated heterocycles. The maximum atomic E-state index is 13.6. The molecule has 2 N–H and O–H groups in total. The Morgan fingerprint density at radius 3 is 2.60 bits per heavy atom. The summed E-state index contributed by atoms with van der Waals surface area (Å²) >= 11 is 0. The van der Waals surface area contributed by atoms with Gasteiger partial charge >= 0.3 is 6.18 Å². The van der Waals surface area contributed by atoms with Gasteiger partial charge in [-0.1, -0.05) is 12.1 Å². The van der Waals surface area contributed by atoms with Crippen molar-refractivity contribution in [2.24, 2.45) is 7.05 Å². The highest BCUT2D eigenvalue weighted by Crippen LogP contribution is 2.37. The zero-order chi connectivity index (χ0) is 20.1. The first-order valence-corrected chi connectivity index (χ1v) is 9.10. The molecule has 30 heavy (non-hydrogen) atoms. The maximum absolute atomic E-state index is 13.6. The lowest BCUT2D eigenvalue weighted by atomic mass is 9.92. The number of anilines is 1. The van der Waals surface area contributed by atoms with E-state index >= 15 is 0 Å². The first-order chi connectivity index (χ1) is 13.3. The molecule has 4 rings (SSSR count). The number of amides is 2. The van der Waals surface area contributed by atoms with E-state index in [4.69, 9.17) is 0 Å². The molecule has 2 fully saturated rings. The summed E-state index contributed by atoms with van der Waals surface area (Å²) in [5.41, 5.74) is 1.48. The summed E-state index contributed by atoms with van der Waals surface area (Å²) in [6.07, 6.45) is -3.83. The third kappa shape index (κ3) is 4.21. The van der Waals surface area contributed by atoms with Crippen LogP contribution < -0.4 is 15.5 Å². The van der Waals surface area contributed by atoms with Gasteiger partial charge in [-0.3, -0.25) is 19.6 Å². The average molecular weight is 468 g/mol. The van der Waals surface area contributed by atoms with Crippen molar-refractivity contribution in [1.29, 1.82) is 0 Å². The molecule has 0 bridgehead atoms. The number of fused-ring (bicyclic) bond motifs is 1. The van der Waals surface area contributed by atoms with Crippen molar-refractivity contribution in [2.75, 3.05) is 24.5 Å². The highest BCUT2D eigenvalue weighted by molar-refractivity contribution is 6.03. The van der Waals surface area contributed by atoms with Gasteiger partial charge in [-0.05, 0) is 12.5 Å². The van der Waals surface area contributed by atoms with E-state index in [1.807, 2.05) is 0 Å². The minimum Gasteiger partial charge on any atom is -0.356 e. The van der Waals surface area contributed by atoms with Gasteiger partial charge in [0.1, 0.15) is 6.04 Å². The number of piperazine rings is 1. The van der Waals surface area contributed by atoms with E-state index < -0.39 is 24.0 Å². The standard InChI is InChI=1S/C18H20F3N5O2.2ClH/c1-25-16-10(15(24-25)11-5-6-14(27)23-17(11)28)3-2-4-12(16)26-8-7-22-9-13(26)18(19,20)21;;/h2-4,11,13,22H,5-9H2,1H3,(H,23,27,28);2*1H/t11?,13-;;/m0../s1. The number of aryl methyl sites for hydroxylation is 1. The smallest absolute Gasteiger partial charge is 0.356 e. The Morgan fingerprint density at radius 1 is 1.20 bits per heavy atom. The van der Waals surface area contributed by atoms with Gasteiger partial charge in [-0.15, -0.1) is 24.8 Å². The summed E-state index contributed by atoms with van der Waals surface area (Å²) in [6.45, 7) is 0.473. The zero-order valence-electron chi connectivity index (χ0n) is 16.0. The van der Waals surface area contributed by atoms with Crippen LogP contribution in [-0.2, 0) is 16.6 Å². The second-order valence-electron chi connectivity index (χ2n) is 7.14. The topological polar surface area (TPSA) is 79.3 Å². The summed E-state index contributed by atoms with van der Waals surface area (Å²) in [5.74, 6) is -1.34. The SMILES string of the molecule is Cl.Cl.Cn1nc(C2CCC(=O)NC2=O)c2cccc(N3CCNC[C@H]3C(F)(F)F)c21. The largest absolute Gasteiger partial charge is 0.409 e. The van der Waals surface area contributed by atoms with Crippen LogP contribution in [0.15, 0.2) is 18.2 Å². The molecule has 2 amide bonds. The Hall–Kier alpha value is -2.04. The number of alkyl halides is 3. The molecule has 3 heterocycles. The van der Waals surface area contributed by atoms with Gasteiger partial charge in [0.2, 0.25) is 11.8 Å². The van der Waals surface area contributed by atoms with Crippen LogP contribution in [0.2, 0.25) is 0 Å². The molecule has 12 heteroatoms. The van der Waals surface area contributed by atoms with Crippen molar-refractivity contribution in [2.45, 2.75) is 31.0 Å². The lowest BCUT2D eigenvalue weighted by Crippen LogP contribution is -2.58. The lowest BCUT2D eigenvalue weighted by Gasteiger charge is -2.39. The molecule has 0 aliphatic carbocycles. The molecule has 0 saturated carbocycles. The Bertz CT molecular complexity index is 950. The molecular formula is C18H22Cl2F3N5O2. The number of halogens is 5. The number of rotatable bonds is 2. The fraction of sp³-hybridized carbons (Fsp3) is 0.500. The number of benzene rings is 1. The third-order valence-electron chi connectivity index (χ3n) is 5.37. The monoisotopic (exact) mass is 467 g/mol. The number of carbonyl (C=O) groups excluding carboxylic acids is 2. The summed E-state index contributed by atoms with van der Waals surface area (Å²) in [5, 5.41) is 10.2. The zero-order valence-corrected chi connectivity index (χ0v) is 17.7. The number of imide groups is 1. The summed E-state index contributed by atoms with van der Waals surface area (Å²) in [4.78, 5) is 25.1. The number of aromatic nitrogens is 2. The van der Waals surface area contributed by atoms with Gasteiger partial charge in [0.25, 0.3) is 0 Å². The predicted octanol–water partition coefficient (Wildman–Crippen LogP) is 2.28. The minimum absolute atomic E-state index is 0. The normalized spacial score (nSPS) is 22.3. The number of hydrogen-bond acceptors (Lipinski definition) is 5. The fourth-order valence-corrected chi connectivity index (χ4v) is 4.07. The maximum Gasteiger partial charge on any atom is 0.409 e. The highest BCUT2D eigenvalue weighted by Gasteiger charge is 2.45. The second kappa shape index (κ2) is 8.99. The fourth-order valence-electron chi connectivity index (χ4n) is 4.07. The van der Waals surface area contributed by atoms with Crippen LogP contribution >= 0.6 is 24.8 Å². The van der Waals surface area contributed by atoms with E-state index in [0.717, 1.165) is 0 Å². The van der Waals surface area contributed by atoms with Gasteiger partial charge in [0.05, 0.1) is 22.8 Å². The summed E-state index contributed by atoms with van der Waals surface area (Å²) < 4.78 is 42.2.